The van der Waals surface area contributed by atoms with Crippen LogP contribution in [-0.2, 0) is 13.2 Å². The van der Waals surface area contributed by atoms with Crippen LogP contribution in [0.1, 0.15) is 22.3 Å². The van der Waals surface area contributed by atoms with E-state index in [0.29, 0.717) is 13.2 Å². The molecule has 0 radical (unpaired) electrons. The zero-order valence-electron chi connectivity index (χ0n) is 13.3. The van der Waals surface area contributed by atoms with Crippen molar-refractivity contribution < 1.29 is 9.47 Å². The molecular formula is C22H18O2. The molecule has 0 saturated heterocycles. The minimum absolute atomic E-state index is 0.547. The number of hydrogen-bond acceptors (Lipinski definition) is 2. The lowest BCUT2D eigenvalue weighted by atomic mass is 10.1. The fourth-order valence-corrected chi connectivity index (χ4v) is 2.81. The fourth-order valence-electron chi connectivity index (χ4n) is 2.81. The average molecular weight is 314 g/mol. The van der Waals surface area contributed by atoms with Crippen LogP contribution in [-0.4, -0.2) is 0 Å². The predicted octanol–water partition coefficient (Wildman–Crippen LogP) is 5.33. The number of benzene rings is 3. The van der Waals surface area contributed by atoms with Crippen molar-refractivity contribution in [3.8, 4) is 11.5 Å². The standard InChI is InChI=1S/C22H18O2/c1-3-10-21-19(8-1)12-13-20-9-2-4-11-22(20)24-16-18-7-5-6-17(14-18)15-23-21/h1-14H,15-16H2/b13-12+. The summed E-state index contributed by atoms with van der Waals surface area (Å²) in [5, 5.41) is 0. The molecule has 3 aromatic carbocycles. The third-order valence-corrected chi connectivity index (χ3v) is 4.06. The van der Waals surface area contributed by atoms with Gasteiger partial charge in [-0.25, -0.2) is 0 Å². The molecule has 0 aliphatic carbocycles. The van der Waals surface area contributed by atoms with Gasteiger partial charge >= 0.3 is 0 Å². The lowest BCUT2D eigenvalue weighted by molar-refractivity contribution is 0.299. The largest absolute Gasteiger partial charge is 0.488 e. The molecule has 1 heterocycles. The smallest absolute Gasteiger partial charge is 0.127 e. The summed E-state index contributed by atoms with van der Waals surface area (Å²) < 4.78 is 12.1. The van der Waals surface area contributed by atoms with Crippen molar-refractivity contribution in [2.24, 2.45) is 0 Å². The molecule has 0 aromatic heterocycles. The number of rotatable bonds is 0. The molecule has 1 aliphatic rings. The number of hydrogen-bond donors (Lipinski definition) is 0. The second-order valence-electron chi connectivity index (χ2n) is 5.81. The van der Waals surface area contributed by atoms with E-state index < -0.39 is 0 Å². The highest BCUT2D eigenvalue weighted by Gasteiger charge is 2.06. The normalized spacial score (nSPS) is 14.5. The lowest BCUT2D eigenvalue weighted by Crippen LogP contribution is -2.00. The summed E-state index contributed by atoms with van der Waals surface area (Å²) in [6.07, 6.45) is 4.15. The first-order valence-corrected chi connectivity index (χ1v) is 8.08. The van der Waals surface area contributed by atoms with Crippen molar-refractivity contribution in [2.45, 2.75) is 13.2 Å². The van der Waals surface area contributed by atoms with Gasteiger partial charge in [-0.1, -0.05) is 66.7 Å². The van der Waals surface area contributed by atoms with Crippen molar-refractivity contribution in [1.29, 1.82) is 0 Å². The Kier molecular flexibility index (Phi) is 4.03. The predicted molar refractivity (Wildman–Crippen MR) is 96.9 cm³/mol. The summed E-state index contributed by atoms with van der Waals surface area (Å²) in [4.78, 5) is 0. The minimum atomic E-state index is 0.547. The van der Waals surface area contributed by atoms with Crippen molar-refractivity contribution in [2.75, 3.05) is 0 Å². The summed E-state index contributed by atoms with van der Waals surface area (Å²) in [5.74, 6) is 1.77. The van der Waals surface area contributed by atoms with E-state index in [2.05, 4.69) is 42.5 Å². The Hall–Kier alpha value is -3.00. The van der Waals surface area contributed by atoms with E-state index in [-0.39, 0.29) is 0 Å². The molecule has 2 heteroatoms. The maximum absolute atomic E-state index is 6.04. The van der Waals surface area contributed by atoms with Crippen LogP contribution in [0.4, 0.5) is 0 Å². The Balaban J connectivity index is 1.80. The highest BCUT2D eigenvalue weighted by molar-refractivity contribution is 5.74. The molecule has 0 N–H and O–H groups in total. The van der Waals surface area contributed by atoms with Crippen molar-refractivity contribution >= 4 is 12.2 Å². The Morgan fingerprint density at radius 2 is 1.04 bits per heavy atom. The van der Waals surface area contributed by atoms with Crippen molar-refractivity contribution in [1.82, 2.24) is 0 Å². The summed E-state index contributed by atoms with van der Waals surface area (Å²) in [6, 6.07) is 24.5. The summed E-state index contributed by atoms with van der Waals surface area (Å²) in [6.45, 7) is 1.09. The Morgan fingerprint density at radius 1 is 0.542 bits per heavy atom. The van der Waals surface area contributed by atoms with Gasteiger partial charge in [0.15, 0.2) is 0 Å². The molecule has 0 atom stereocenters. The first-order chi connectivity index (χ1) is 11.9. The van der Waals surface area contributed by atoms with Crippen molar-refractivity contribution in [3.05, 3.63) is 95.1 Å². The molecule has 0 saturated carbocycles. The Morgan fingerprint density at radius 3 is 1.58 bits per heavy atom. The van der Waals surface area contributed by atoms with E-state index in [0.717, 1.165) is 33.8 Å². The molecule has 3 aromatic rings. The van der Waals surface area contributed by atoms with Gasteiger partial charge in [-0.3, -0.25) is 0 Å². The minimum Gasteiger partial charge on any atom is -0.488 e. The maximum Gasteiger partial charge on any atom is 0.127 e. The van der Waals surface area contributed by atoms with Crippen LogP contribution in [0.25, 0.3) is 12.2 Å². The van der Waals surface area contributed by atoms with Gasteiger partial charge in [0.1, 0.15) is 24.7 Å². The molecule has 24 heavy (non-hydrogen) atoms. The van der Waals surface area contributed by atoms with Crippen LogP contribution >= 0.6 is 0 Å². The molecule has 2 bridgehead atoms. The maximum atomic E-state index is 6.04. The quantitative estimate of drug-likeness (QED) is 0.558. The third-order valence-electron chi connectivity index (χ3n) is 4.06. The lowest BCUT2D eigenvalue weighted by Gasteiger charge is -2.10. The molecule has 4 rings (SSSR count). The molecule has 0 amide bonds. The molecular weight excluding hydrogens is 296 g/mol. The topological polar surface area (TPSA) is 18.5 Å². The SMILES string of the molecule is C1=C/c2ccccc2OCc2cccc(c2)COc2ccccc2/1. The van der Waals surface area contributed by atoms with E-state index >= 15 is 0 Å². The average Bonchev–Trinajstić information content (AvgIpc) is 2.65. The second kappa shape index (κ2) is 6.63. The van der Waals surface area contributed by atoms with Gasteiger partial charge in [-0.05, 0) is 29.3 Å². The highest BCUT2D eigenvalue weighted by Crippen LogP contribution is 2.26. The van der Waals surface area contributed by atoms with Gasteiger partial charge in [0.05, 0.1) is 0 Å². The van der Waals surface area contributed by atoms with Gasteiger partial charge in [-0.15, -0.1) is 0 Å². The molecule has 1 aliphatic heterocycles. The zero-order chi connectivity index (χ0) is 16.2. The Bertz CT molecular complexity index is 812. The first-order valence-electron chi connectivity index (χ1n) is 8.08. The van der Waals surface area contributed by atoms with E-state index in [1.54, 1.807) is 0 Å². The van der Waals surface area contributed by atoms with E-state index in [4.69, 9.17) is 9.47 Å². The van der Waals surface area contributed by atoms with Crippen LogP contribution in [0.15, 0.2) is 72.8 Å². The molecule has 118 valence electrons. The van der Waals surface area contributed by atoms with Gasteiger partial charge in [-0.2, -0.15) is 0 Å². The first kappa shape index (κ1) is 14.6. The summed E-state index contributed by atoms with van der Waals surface area (Å²) in [7, 11) is 0. The zero-order valence-corrected chi connectivity index (χ0v) is 13.3. The fraction of sp³-hybridized carbons (Fsp3) is 0.0909. The van der Waals surface area contributed by atoms with Gasteiger partial charge in [0.2, 0.25) is 0 Å². The van der Waals surface area contributed by atoms with E-state index in [1.807, 2.05) is 42.5 Å². The molecule has 0 spiro atoms. The number of fused-ring (bicyclic) bond motifs is 4. The van der Waals surface area contributed by atoms with E-state index in [1.165, 1.54) is 0 Å². The van der Waals surface area contributed by atoms with Gasteiger partial charge < -0.3 is 9.47 Å². The molecule has 0 unspecified atom stereocenters. The van der Waals surface area contributed by atoms with Crippen LogP contribution in [0.2, 0.25) is 0 Å². The highest BCUT2D eigenvalue weighted by atomic mass is 16.5. The van der Waals surface area contributed by atoms with Crippen LogP contribution in [0, 0.1) is 0 Å². The second-order valence-corrected chi connectivity index (χ2v) is 5.81. The van der Waals surface area contributed by atoms with Crippen molar-refractivity contribution in [3.63, 3.8) is 0 Å². The molecule has 0 fully saturated rings. The monoisotopic (exact) mass is 314 g/mol. The van der Waals surface area contributed by atoms with Crippen LogP contribution < -0.4 is 9.47 Å². The number of ether oxygens (including phenoxy) is 2. The van der Waals surface area contributed by atoms with Crippen LogP contribution in [0.3, 0.4) is 0 Å². The summed E-state index contributed by atoms with van der Waals surface area (Å²) >= 11 is 0. The van der Waals surface area contributed by atoms with Gasteiger partial charge in [0.25, 0.3) is 0 Å². The van der Waals surface area contributed by atoms with E-state index in [9.17, 15) is 0 Å². The molecule has 2 nitrogen and oxygen atoms in total. The van der Waals surface area contributed by atoms with Crippen LogP contribution in [0.5, 0.6) is 11.5 Å². The summed E-state index contributed by atoms with van der Waals surface area (Å²) in [5.41, 5.74) is 4.40. The third kappa shape index (κ3) is 3.18. The Labute approximate surface area is 142 Å². The number of para-hydroxylation sites is 2. The van der Waals surface area contributed by atoms with Gasteiger partial charge in [0, 0.05) is 11.1 Å².